The van der Waals surface area contributed by atoms with Gasteiger partial charge >= 0.3 is 11.9 Å². The van der Waals surface area contributed by atoms with Crippen LogP contribution in [0.25, 0.3) is 0 Å². The average molecular weight is 346 g/mol. The Morgan fingerprint density at radius 2 is 1.48 bits per heavy atom. The smallest absolute Gasteiger partial charge is 0.338 e. The second-order valence-corrected chi connectivity index (χ2v) is 6.79. The number of unbranched alkanes of at least 4 members (excludes halogenated alkanes) is 3. The Kier molecular flexibility index (Phi) is 8.50. The lowest BCUT2D eigenvalue weighted by Crippen LogP contribution is -2.17. The Bertz CT molecular complexity index is 527. The van der Waals surface area contributed by atoms with Crippen LogP contribution in [0.4, 0.5) is 0 Å². The molecular weight excluding hydrogens is 316 g/mol. The fraction of sp³-hybridized carbons (Fsp3) is 0.619. The normalized spacial score (nSPS) is 15.4. The molecule has 138 valence electrons. The van der Waals surface area contributed by atoms with Gasteiger partial charge in [0, 0.05) is 0 Å². The summed E-state index contributed by atoms with van der Waals surface area (Å²) in [5.74, 6) is -0.633. The highest BCUT2D eigenvalue weighted by Crippen LogP contribution is 2.21. The van der Waals surface area contributed by atoms with E-state index in [-0.39, 0.29) is 18.0 Å². The zero-order valence-corrected chi connectivity index (χ0v) is 15.3. The summed E-state index contributed by atoms with van der Waals surface area (Å²) in [4.78, 5) is 24.2. The van der Waals surface area contributed by atoms with Gasteiger partial charge in [0.2, 0.25) is 0 Å². The van der Waals surface area contributed by atoms with E-state index < -0.39 is 0 Å². The number of carbonyl (C=O) groups excluding carboxylic acids is 2. The number of carbonyl (C=O) groups is 2. The van der Waals surface area contributed by atoms with Crippen molar-refractivity contribution in [3.05, 3.63) is 35.4 Å². The zero-order chi connectivity index (χ0) is 17.9. The molecule has 2 rings (SSSR count). The highest BCUT2D eigenvalue weighted by atomic mass is 16.5. The number of benzene rings is 1. The van der Waals surface area contributed by atoms with Gasteiger partial charge in [-0.1, -0.05) is 39.0 Å². The lowest BCUT2D eigenvalue weighted by atomic mass is 10.1. The van der Waals surface area contributed by atoms with Gasteiger partial charge in [-0.25, -0.2) is 9.59 Å². The second kappa shape index (κ2) is 10.9. The molecule has 1 fully saturated rings. The van der Waals surface area contributed by atoms with Gasteiger partial charge in [0.1, 0.15) is 6.10 Å². The SMILES string of the molecule is CCCCCCOC(=O)c1ccc(C(=O)OC2CCCCCC2)cc1. The molecular formula is C21H30O4. The molecule has 0 aliphatic heterocycles. The molecule has 0 spiro atoms. The largest absolute Gasteiger partial charge is 0.462 e. The van der Waals surface area contributed by atoms with Crippen LogP contribution in [-0.2, 0) is 9.47 Å². The summed E-state index contributed by atoms with van der Waals surface area (Å²) < 4.78 is 10.9. The number of hydrogen-bond acceptors (Lipinski definition) is 4. The van der Waals surface area contributed by atoms with Crippen LogP contribution in [0.1, 0.15) is 91.8 Å². The average Bonchev–Trinajstić information content (AvgIpc) is 2.90. The van der Waals surface area contributed by atoms with Crippen LogP contribution in [-0.4, -0.2) is 24.6 Å². The van der Waals surface area contributed by atoms with Crippen LogP contribution in [0.5, 0.6) is 0 Å². The molecule has 1 aromatic carbocycles. The van der Waals surface area contributed by atoms with E-state index in [0.29, 0.717) is 17.7 Å². The van der Waals surface area contributed by atoms with E-state index in [1.807, 2.05) is 0 Å². The van der Waals surface area contributed by atoms with Gasteiger partial charge in [-0.3, -0.25) is 0 Å². The van der Waals surface area contributed by atoms with Crippen molar-refractivity contribution in [3.8, 4) is 0 Å². The monoisotopic (exact) mass is 346 g/mol. The van der Waals surface area contributed by atoms with Gasteiger partial charge in [0.25, 0.3) is 0 Å². The standard InChI is InChI=1S/C21H30O4/c1-2-3-4-9-16-24-20(22)17-12-14-18(15-13-17)21(23)25-19-10-7-5-6-8-11-19/h12-15,19H,2-11,16H2,1H3. The van der Waals surface area contributed by atoms with Crippen molar-refractivity contribution in [3.63, 3.8) is 0 Å². The first-order chi connectivity index (χ1) is 12.2. The van der Waals surface area contributed by atoms with Crippen molar-refractivity contribution in [1.82, 2.24) is 0 Å². The third-order valence-electron chi connectivity index (χ3n) is 4.66. The molecule has 1 aliphatic carbocycles. The molecule has 1 saturated carbocycles. The Balaban J connectivity index is 1.79. The minimum atomic E-state index is -0.333. The van der Waals surface area contributed by atoms with E-state index in [9.17, 15) is 9.59 Å². The minimum Gasteiger partial charge on any atom is -0.462 e. The predicted octanol–water partition coefficient (Wildman–Crippen LogP) is 5.30. The Labute approximate surface area is 150 Å². The van der Waals surface area contributed by atoms with Crippen LogP contribution < -0.4 is 0 Å². The molecule has 1 aliphatic rings. The molecule has 0 unspecified atom stereocenters. The first-order valence-electron chi connectivity index (χ1n) is 9.69. The predicted molar refractivity (Wildman–Crippen MR) is 97.8 cm³/mol. The van der Waals surface area contributed by atoms with E-state index >= 15 is 0 Å². The summed E-state index contributed by atoms with van der Waals surface area (Å²) in [5.41, 5.74) is 0.963. The molecule has 0 atom stereocenters. The van der Waals surface area contributed by atoms with Gasteiger partial charge in [0.15, 0.2) is 0 Å². The third-order valence-corrected chi connectivity index (χ3v) is 4.66. The lowest BCUT2D eigenvalue weighted by molar-refractivity contribution is 0.0266. The Morgan fingerprint density at radius 3 is 2.08 bits per heavy atom. The molecule has 0 aromatic heterocycles. The van der Waals surface area contributed by atoms with Crippen molar-refractivity contribution in [2.75, 3.05) is 6.61 Å². The third kappa shape index (κ3) is 6.89. The van der Waals surface area contributed by atoms with Crippen LogP contribution >= 0.6 is 0 Å². The number of ether oxygens (including phenoxy) is 2. The molecule has 0 bridgehead atoms. The van der Waals surface area contributed by atoms with E-state index in [1.54, 1.807) is 24.3 Å². The van der Waals surface area contributed by atoms with Crippen LogP contribution in [0.15, 0.2) is 24.3 Å². The molecule has 0 radical (unpaired) electrons. The van der Waals surface area contributed by atoms with Crippen molar-refractivity contribution < 1.29 is 19.1 Å². The van der Waals surface area contributed by atoms with Gasteiger partial charge in [0.05, 0.1) is 17.7 Å². The van der Waals surface area contributed by atoms with Gasteiger partial charge in [-0.15, -0.1) is 0 Å². The maximum Gasteiger partial charge on any atom is 0.338 e. The topological polar surface area (TPSA) is 52.6 Å². The maximum absolute atomic E-state index is 12.2. The quantitative estimate of drug-likeness (QED) is 0.364. The Morgan fingerprint density at radius 1 is 0.880 bits per heavy atom. The summed E-state index contributed by atoms with van der Waals surface area (Å²) in [6, 6.07) is 6.57. The molecule has 0 amide bonds. The highest BCUT2D eigenvalue weighted by Gasteiger charge is 2.18. The summed E-state index contributed by atoms with van der Waals surface area (Å²) in [5, 5.41) is 0. The maximum atomic E-state index is 12.2. The molecule has 4 nitrogen and oxygen atoms in total. The molecule has 1 aromatic rings. The van der Waals surface area contributed by atoms with Gasteiger partial charge < -0.3 is 9.47 Å². The van der Waals surface area contributed by atoms with E-state index in [1.165, 1.54) is 12.8 Å². The fourth-order valence-corrected chi connectivity index (χ4v) is 3.10. The van der Waals surface area contributed by atoms with Crippen molar-refractivity contribution in [2.45, 2.75) is 77.2 Å². The molecule has 25 heavy (non-hydrogen) atoms. The van der Waals surface area contributed by atoms with Crippen molar-refractivity contribution in [2.24, 2.45) is 0 Å². The van der Waals surface area contributed by atoms with Crippen LogP contribution in [0, 0.1) is 0 Å². The highest BCUT2D eigenvalue weighted by molar-refractivity contribution is 5.93. The number of esters is 2. The van der Waals surface area contributed by atoms with E-state index in [0.717, 1.165) is 51.4 Å². The number of hydrogen-bond donors (Lipinski definition) is 0. The molecule has 4 heteroatoms. The summed E-state index contributed by atoms with van der Waals surface area (Å²) >= 11 is 0. The first-order valence-corrected chi connectivity index (χ1v) is 9.69. The number of rotatable bonds is 8. The van der Waals surface area contributed by atoms with Crippen LogP contribution in [0.2, 0.25) is 0 Å². The first kappa shape index (κ1) is 19.5. The second-order valence-electron chi connectivity index (χ2n) is 6.79. The Hall–Kier alpha value is -1.84. The zero-order valence-electron chi connectivity index (χ0n) is 15.3. The van der Waals surface area contributed by atoms with Crippen molar-refractivity contribution >= 4 is 11.9 Å². The van der Waals surface area contributed by atoms with Gasteiger partial charge in [-0.05, 0) is 56.4 Å². The van der Waals surface area contributed by atoms with Gasteiger partial charge in [-0.2, -0.15) is 0 Å². The lowest BCUT2D eigenvalue weighted by Gasteiger charge is -2.15. The fourth-order valence-electron chi connectivity index (χ4n) is 3.10. The molecule has 0 N–H and O–H groups in total. The molecule has 0 heterocycles. The molecule has 0 saturated heterocycles. The van der Waals surface area contributed by atoms with E-state index in [4.69, 9.17) is 9.47 Å². The van der Waals surface area contributed by atoms with Crippen LogP contribution in [0.3, 0.4) is 0 Å². The summed E-state index contributed by atoms with van der Waals surface area (Å²) in [6.45, 7) is 2.60. The minimum absolute atomic E-state index is 0.0303. The van der Waals surface area contributed by atoms with E-state index in [2.05, 4.69) is 6.92 Å². The summed E-state index contributed by atoms with van der Waals surface area (Å²) in [7, 11) is 0. The summed E-state index contributed by atoms with van der Waals surface area (Å²) in [6.07, 6.45) is 10.9. The van der Waals surface area contributed by atoms with Crippen molar-refractivity contribution in [1.29, 1.82) is 0 Å².